The number of nitrogens with zero attached hydrogens (tertiary/aromatic N) is 1. The van der Waals surface area contributed by atoms with Crippen LogP contribution < -0.4 is 9.64 Å². The Morgan fingerprint density at radius 1 is 1.08 bits per heavy atom. The average Bonchev–Trinajstić information content (AvgIpc) is 3.54. The predicted molar refractivity (Wildman–Crippen MR) is 141 cm³/mol. The first-order valence-electron chi connectivity index (χ1n) is 11.6. The Morgan fingerprint density at radius 3 is 2.59 bits per heavy atom. The number of methoxy groups -OCH3 is 1. The molecule has 1 aliphatic rings. The quantitative estimate of drug-likeness (QED) is 0.256. The number of ketones is 1. The van der Waals surface area contributed by atoms with Gasteiger partial charge >= 0.3 is 0 Å². The Kier molecular flexibility index (Phi) is 5.31. The minimum atomic E-state index is -0.902. The summed E-state index contributed by atoms with van der Waals surface area (Å²) in [7, 11) is 1.55. The number of rotatable bonds is 5. The van der Waals surface area contributed by atoms with E-state index >= 15 is 0 Å². The maximum Gasteiger partial charge on any atom is 0.294 e. The first kappa shape index (κ1) is 22.9. The standard InChI is InChI=1S/C29H21ClN2O5/c1-15-24(20-5-3-4-6-21(20)31-15)26-25(27(33)23-14-16-13-17(30)7-12-22(16)37-23)28(34)29(35)32(26)18-8-10-19(36-2)11-9-18/h3-14,26,31,34H,1-2H3. The highest BCUT2D eigenvalue weighted by molar-refractivity contribution is 6.31. The van der Waals surface area contributed by atoms with Gasteiger partial charge in [0.2, 0.25) is 5.78 Å². The van der Waals surface area contributed by atoms with Gasteiger partial charge in [-0.15, -0.1) is 0 Å². The molecule has 2 N–H and O–H groups in total. The fraction of sp³-hybridized carbons (Fsp3) is 0.103. The summed E-state index contributed by atoms with van der Waals surface area (Å²) in [5.41, 5.74) is 3.27. The smallest absolute Gasteiger partial charge is 0.294 e. The van der Waals surface area contributed by atoms with Crippen molar-refractivity contribution < 1.29 is 23.8 Å². The highest BCUT2D eigenvalue weighted by Crippen LogP contribution is 2.45. The number of Topliss-reactive ketones (excluding diaryl/α,β-unsaturated/α-hetero) is 1. The predicted octanol–water partition coefficient (Wildman–Crippen LogP) is 6.67. The number of carbonyl (C=O) groups is 2. The number of aliphatic hydroxyl groups is 1. The van der Waals surface area contributed by atoms with Crippen molar-refractivity contribution in [3.63, 3.8) is 0 Å². The molecule has 1 atom stereocenters. The molecular weight excluding hydrogens is 492 g/mol. The lowest BCUT2D eigenvalue weighted by Crippen LogP contribution is -2.31. The van der Waals surface area contributed by atoms with Crippen LogP contribution in [0.5, 0.6) is 5.75 Å². The molecule has 3 aromatic carbocycles. The highest BCUT2D eigenvalue weighted by atomic mass is 35.5. The number of H-pyrrole nitrogens is 1. The molecule has 37 heavy (non-hydrogen) atoms. The molecule has 7 nitrogen and oxygen atoms in total. The van der Waals surface area contributed by atoms with Crippen molar-refractivity contribution in [3.05, 3.63) is 106 Å². The lowest BCUT2D eigenvalue weighted by atomic mass is 9.92. The number of ether oxygens (including phenoxy) is 1. The van der Waals surface area contributed by atoms with Crippen LogP contribution in [-0.2, 0) is 4.79 Å². The molecule has 5 aromatic rings. The minimum absolute atomic E-state index is 0.00527. The third kappa shape index (κ3) is 3.58. The maximum absolute atomic E-state index is 13.9. The molecule has 0 saturated carbocycles. The number of aliphatic hydroxyl groups excluding tert-OH is 1. The summed E-state index contributed by atoms with van der Waals surface area (Å²) >= 11 is 6.11. The van der Waals surface area contributed by atoms with Gasteiger partial charge in [0.1, 0.15) is 11.3 Å². The number of anilines is 1. The maximum atomic E-state index is 13.9. The van der Waals surface area contributed by atoms with Crippen LogP contribution in [0.2, 0.25) is 5.02 Å². The molecule has 0 aliphatic carbocycles. The number of hydrogen-bond acceptors (Lipinski definition) is 5. The lowest BCUT2D eigenvalue weighted by molar-refractivity contribution is -0.117. The topological polar surface area (TPSA) is 95.8 Å². The number of carbonyl (C=O) groups excluding carboxylic acids is 2. The molecule has 1 unspecified atom stereocenters. The Balaban J connectivity index is 1.56. The van der Waals surface area contributed by atoms with Crippen LogP contribution in [0.3, 0.4) is 0 Å². The summed E-state index contributed by atoms with van der Waals surface area (Å²) in [4.78, 5) is 32.3. The van der Waals surface area contributed by atoms with Crippen LogP contribution in [0.4, 0.5) is 5.69 Å². The second-order valence-corrected chi connectivity index (χ2v) is 9.31. The van der Waals surface area contributed by atoms with Gasteiger partial charge in [-0.05, 0) is 61.5 Å². The number of furan rings is 1. The normalized spacial score (nSPS) is 15.8. The molecule has 6 rings (SSSR count). The van der Waals surface area contributed by atoms with Gasteiger partial charge in [-0.25, -0.2) is 0 Å². The average molecular weight is 513 g/mol. The van der Waals surface area contributed by atoms with Crippen molar-refractivity contribution in [2.75, 3.05) is 12.0 Å². The van der Waals surface area contributed by atoms with Gasteiger partial charge in [-0.1, -0.05) is 29.8 Å². The van der Waals surface area contributed by atoms with Crippen molar-refractivity contribution in [1.29, 1.82) is 0 Å². The Morgan fingerprint density at radius 2 is 1.84 bits per heavy atom. The zero-order valence-corrected chi connectivity index (χ0v) is 20.7. The molecule has 0 fully saturated rings. The van der Waals surface area contributed by atoms with Crippen molar-refractivity contribution >= 4 is 50.9 Å². The van der Waals surface area contributed by atoms with Crippen molar-refractivity contribution in [2.45, 2.75) is 13.0 Å². The fourth-order valence-corrected chi connectivity index (χ4v) is 5.21. The van der Waals surface area contributed by atoms with Crippen molar-refractivity contribution in [3.8, 4) is 5.75 Å². The summed E-state index contributed by atoms with van der Waals surface area (Å²) in [5, 5.41) is 13.1. The molecule has 3 heterocycles. The molecule has 2 aromatic heterocycles. The number of aryl methyl sites for hydroxylation is 1. The van der Waals surface area contributed by atoms with Gasteiger partial charge in [0.15, 0.2) is 11.5 Å². The number of fused-ring (bicyclic) bond motifs is 2. The van der Waals surface area contributed by atoms with Crippen molar-refractivity contribution in [2.24, 2.45) is 0 Å². The third-order valence-corrected chi connectivity index (χ3v) is 6.96. The van der Waals surface area contributed by atoms with Crippen LogP contribution in [0.1, 0.15) is 27.9 Å². The van der Waals surface area contributed by atoms with Gasteiger partial charge in [0.05, 0.1) is 18.7 Å². The summed E-state index contributed by atoms with van der Waals surface area (Å²) in [5.74, 6) is -1.25. The van der Waals surface area contributed by atoms with Gasteiger partial charge in [-0.3, -0.25) is 14.5 Å². The molecule has 0 spiro atoms. The minimum Gasteiger partial charge on any atom is -0.503 e. The summed E-state index contributed by atoms with van der Waals surface area (Å²) in [6, 6.07) is 20.2. The second kappa shape index (κ2) is 8.57. The summed E-state index contributed by atoms with van der Waals surface area (Å²) < 4.78 is 11.1. The van der Waals surface area contributed by atoms with E-state index in [1.165, 1.54) is 4.90 Å². The number of nitrogens with one attached hydrogen (secondary N) is 1. The Hall–Kier alpha value is -4.49. The molecule has 1 aliphatic heterocycles. The number of hydrogen-bond donors (Lipinski definition) is 2. The summed E-state index contributed by atoms with van der Waals surface area (Å²) in [6.07, 6.45) is 0. The van der Waals surface area contributed by atoms with Crippen LogP contribution in [0.25, 0.3) is 21.9 Å². The molecular formula is C29H21ClN2O5. The molecule has 8 heteroatoms. The van der Waals surface area contributed by atoms with E-state index in [0.717, 1.165) is 16.6 Å². The SMILES string of the molecule is COc1ccc(N2C(=O)C(O)=C(C(=O)c3cc4cc(Cl)ccc4o3)C2c2c(C)[nH]c3ccccc23)cc1. The second-order valence-electron chi connectivity index (χ2n) is 8.87. The molecule has 0 radical (unpaired) electrons. The lowest BCUT2D eigenvalue weighted by Gasteiger charge is -2.27. The van der Waals surface area contributed by atoms with Crippen LogP contribution in [-0.4, -0.2) is 28.9 Å². The molecule has 1 amide bonds. The van der Waals surface area contributed by atoms with E-state index in [1.807, 2.05) is 31.2 Å². The molecule has 0 saturated heterocycles. The van der Waals surface area contributed by atoms with Crippen LogP contribution in [0, 0.1) is 6.92 Å². The van der Waals surface area contributed by atoms with Gasteiger partial charge in [0.25, 0.3) is 5.91 Å². The van der Waals surface area contributed by atoms with E-state index in [1.54, 1.807) is 55.6 Å². The van der Waals surface area contributed by atoms with Gasteiger partial charge < -0.3 is 19.2 Å². The molecule has 184 valence electrons. The summed E-state index contributed by atoms with van der Waals surface area (Å²) in [6.45, 7) is 1.88. The van der Waals surface area contributed by atoms with E-state index in [0.29, 0.717) is 33.0 Å². The zero-order chi connectivity index (χ0) is 25.8. The number of halogens is 1. The van der Waals surface area contributed by atoms with E-state index in [-0.39, 0.29) is 11.3 Å². The molecule has 0 bridgehead atoms. The Bertz CT molecular complexity index is 1750. The first-order chi connectivity index (χ1) is 17.9. The van der Waals surface area contributed by atoms with Crippen molar-refractivity contribution in [1.82, 2.24) is 4.98 Å². The first-order valence-corrected chi connectivity index (χ1v) is 12.0. The van der Waals surface area contributed by atoms with E-state index in [9.17, 15) is 14.7 Å². The zero-order valence-electron chi connectivity index (χ0n) is 19.9. The number of aromatic nitrogens is 1. The number of aromatic amines is 1. The van der Waals surface area contributed by atoms with Gasteiger partial charge in [0, 0.05) is 38.3 Å². The monoisotopic (exact) mass is 512 g/mol. The highest BCUT2D eigenvalue weighted by Gasteiger charge is 2.46. The van der Waals surface area contributed by atoms with E-state index in [4.69, 9.17) is 20.8 Å². The third-order valence-electron chi connectivity index (χ3n) is 6.72. The Labute approximate surface area is 216 Å². The van der Waals surface area contributed by atoms with Crippen LogP contribution >= 0.6 is 11.6 Å². The number of amides is 1. The van der Waals surface area contributed by atoms with Gasteiger partial charge in [-0.2, -0.15) is 0 Å². The van der Waals surface area contributed by atoms with E-state index in [2.05, 4.69) is 4.98 Å². The number of benzene rings is 3. The van der Waals surface area contributed by atoms with E-state index < -0.39 is 23.5 Å². The van der Waals surface area contributed by atoms with Crippen LogP contribution in [0.15, 0.2) is 88.5 Å². The fourth-order valence-electron chi connectivity index (χ4n) is 5.03. The largest absolute Gasteiger partial charge is 0.503 e. The number of para-hydroxylation sites is 1.